The summed E-state index contributed by atoms with van der Waals surface area (Å²) in [6.07, 6.45) is 1.83. The molecular weight excluding hydrogens is 305 g/mol. The van der Waals surface area contributed by atoms with Gasteiger partial charge in [0.1, 0.15) is 5.82 Å². The summed E-state index contributed by atoms with van der Waals surface area (Å²) in [5.74, 6) is -0.0386. The van der Waals surface area contributed by atoms with Crippen molar-refractivity contribution in [3.8, 4) is 0 Å². The highest BCUT2D eigenvalue weighted by Crippen LogP contribution is 2.39. The Morgan fingerprint density at radius 3 is 2.68 bits per heavy atom. The number of sulfonamides is 1. The van der Waals surface area contributed by atoms with Gasteiger partial charge in [-0.15, -0.1) is 0 Å². The van der Waals surface area contributed by atoms with Crippen LogP contribution in [-0.2, 0) is 14.8 Å². The molecule has 0 radical (unpaired) electrons. The van der Waals surface area contributed by atoms with Gasteiger partial charge in [-0.2, -0.15) is 4.31 Å². The van der Waals surface area contributed by atoms with Gasteiger partial charge in [-0.05, 0) is 42.9 Å². The van der Waals surface area contributed by atoms with Gasteiger partial charge in [-0.1, -0.05) is 19.1 Å². The lowest BCUT2D eigenvalue weighted by atomic mass is 10.0. The van der Waals surface area contributed by atoms with Crippen molar-refractivity contribution in [3.63, 3.8) is 0 Å². The van der Waals surface area contributed by atoms with E-state index in [4.69, 9.17) is 4.74 Å². The second-order valence-electron chi connectivity index (χ2n) is 6.34. The number of rotatable bonds is 3. The lowest BCUT2D eigenvalue weighted by molar-refractivity contribution is 0.0970. The van der Waals surface area contributed by atoms with Crippen LogP contribution >= 0.6 is 0 Å². The first-order chi connectivity index (χ1) is 10.5. The highest BCUT2D eigenvalue weighted by molar-refractivity contribution is 7.89. The van der Waals surface area contributed by atoms with Crippen LogP contribution in [0.4, 0.5) is 4.39 Å². The molecule has 2 saturated heterocycles. The van der Waals surface area contributed by atoms with E-state index in [1.54, 1.807) is 10.4 Å². The Kier molecular flexibility index (Phi) is 4.52. The summed E-state index contributed by atoms with van der Waals surface area (Å²) in [5, 5.41) is -0.373. The molecule has 0 aliphatic carbocycles. The molecule has 3 rings (SSSR count). The van der Waals surface area contributed by atoms with E-state index in [2.05, 4.69) is 0 Å². The Hall–Kier alpha value is -0.980. The topological polar surface area (TPSA) is 46.6 Å². The maximum absolute atomic E-state index is 13.5. The molecule has 0 aromatic heterocycles. The SMILES string of the molecule is CC1CC(c2cccc(F)c2)N(S(=O)(=O)C2CCOCC2)C1. The van der Waals surface area contributed by atoms with Crippen LogP contribution in [0.2, 0.25) is 0 Å². The summed E-state index contributed by atoms with van der Waals surface area (Å²) >= 11 is 0. The van der Waals surface area contributed by atoms with Crippen molar-refractivity contribution in [2.45, 2.75) is 37.5 Å². The Morgan fingerprint density at radius 2 is 2.00 bits per heavy atom. The Balaban J connectivity index is 1.90. The second-order valence-corrected chi connectivity index (χ2v) is 8.50. The third-order valence-corrected chi connectivity index (χ3v) is 6.99. The van der Waals surface area contributed by atoms with Gasteiger partial charge in [0.2, 0.25) is 10.0 Å². The fraction of sp³-hybridized carbons (Fsp3) is 0.625. The minimum absolute atomic E-state index is 0.251. The van der Waals surface area contributed by atoms with E-state index in [9.17, 15) is 12.8 Å². The zero-order chi connectivity index (χ0) is 15.7. The Labute approximate surface area is 131 Å². The third kappa shape index (κ3) is 3.05. The van der Waals surface area contributed by atoms with Crippen LogP contribution in [0.1, 0.15) is 37.8 Å². The number of ether oxygens (including phenoxy) is 1. The summed E-state index contributed by atoms with van der Waals surface area (Å²) in [4.78, 5) is 0. The van der Waals surface area contributed by atoms with Crippen LogP contribution in [0.25, 0.3) is 0 Å². The normalized spacial score (nSPS) is 28.1. The van der Waals surface area contributed by atoms with Crippen molar-refractivity contribution >= 4 is 10.0 Å². The molecule has 2 unspecified atom stereocenters. The number of hydrogen-bond donors (Lipinski definition) is 0. The van der Waals surface area contributed by atoms with Crippen LogP contribution in [0.15, 0.2) is 24.3 Å². The van der Waals surface area contributed by atoms with E-state index < -0.39 is 10.0 Å². The predicted molar refractivity (Wildman–Crippen MR) is 82.4 cm³/mol. The molecule has 0 N–H and O–H groups in total. The number of nitrogens with zero attached hydrogens (tertiary/aromatic N) is 1. The van der Waals surface area contributed by atoms with E-state index in [0.29, 0.717) is 32.6 Å². The molecule has 0 bridgehead atoms. The second kappa shape index (κ2) is 6.26. The minimum atomic E-state index is -3.37. The molecule has 2 aliphatic rings. The molecule has 4 nitrogen and oxygen atoms in total. The van der Waals surface area contributed by atoms with Gasteiger partial charge in [-0.25, -0.2) is 12.8 Å². The third-order valence-electron chi connectivity index (χ3n) is 4.61. The van der Waals surface area contributed by atoms with Crippen molar-refractivity contribution in [2.24, 2.45) is 5.92 Å². The maximum Gasteiger partial charge on any atom is 0.217 e. The first kappa shape index (κ1) is 15.9. The number of hydrogen-bond acceptors (Lipinski definition) is 3. The molecule has 22 heavy (non-hydrogen) atoms. The van der Waals surface area contributed by atoms with Crippen LogP contribution in [-0.4, -0.2) is 37.7 Å². The molecule has 1 aromatic rings. The highest BCUT2D eigenvalue weighted by Gasteiger charge is 2.42. The maximum atomic E-state index is 13.5. The highest BCUT2D eigenvalue weighted by atomic mass is 32.2. The van der Waals surface area contributed by atoms with Crippen molar-refractivity contribution in [1.29, 1.82) is 0 Å². The van der Waals surface area contributed by atoms with Crippen LogP contribution in [0, 0.1) is 11.7 Å². The molecule has 0 amide bonds. The van der Waals surface area contributed by atoms with Gasteiger partial charge in [0.25, 0.3) is 0 Å². The van der Waals surface area contributed by atoms with Gasteiger partial charge < -0.3 is 4.74 Å². The first-order valence-electron chi connectivity index (χ1n) is 7.82. The van der Waals surface area contributed by atoms with E-state index in [1.807, 2.05) is 13.0 Å². The van der Waals surface area contributed by atoms with E-state index >= 15 is 0 Å². The van der Waals surface area contributed by atoms with E-state index in [-0.39, 0.29) is 23.0 Å². The van der Waals surface area contributed by atoms with Crippen molar-refractivity contribution in [3.05, 3.63) is 35.6 Å². The molecule has 1 aromatic carbocycles. The van der Waals surface area contributed by atoms with E-state index in [1.165, 1.54) is 12.1 Å². The van der Waals surface area contributed by atoms with E-state index in [0.717, 1.165) is 12.0 Å². The number of benzene rings is 1. The zero-order valence-electron chi connectivity index (χ0n) is 12.7. The van der Waals surface area contributed by atoms with Gasteiger partial charge in [0.05, 0.1) is 11.3 Å². The van der Waals surface area contributed by atoms with Crippen molar-refractivity contribution in [2.75, 3.05) is 19.8 Å². The van der Waals surface area contributed by atoms with Crippen molar-refractivity contribution < 1.29 is 17.5 Å². The lowest BCUT2D eigenvalue weighted by Crippen LogP contribution is -2.41. The van der Waals surface area contributed by atoms with Gasteiger partial charge in [0, 0.05) is 19.8 Å². The molecule has 2 atom stereocenters. The van der Waals surface area contributed by atoms with Gasteiger partial charge >= 0.3 is 0 Å². The predicted octanol–water partition coefficient (Wildman–Crippen LogP) is 2.72. The lowest BCUT2D eigenvalue weighted by Gasteiger charge is -2.31. The smallest absolute Gasteiger partial charge is 0.217 e. The minimum Gasteiger partial charge on any atom is -0.381 e. The Bertz CT molecular complexity index is 628. The molecule has 0 saturated carbocycles. The molecular formula is C16H22FNO3S. The van der Waals surface area contributed by atoms with Gasteiger partial charge in [-0.3, -0.25) is 0 Å². The average Bonchev–Trinajstić information content (AvgIpc) is 2.91. The molecule has 2 aliphatic heterocycles. The summed E-state index contributed by atoms with van der Waals surface area (Å²) in [6, 6.07) is 6.05. The fourth-order valence-electron chi connectivity index (χ4n) is 3.47. The zero-order valence-corrected chi connectivity index (χ0v) is 13.6. The summed E-state index contributed by atoms with van der Waals surface area (Å²) in [5.41, 5.74) is 0.750. The molecule has 2 heterocycles. The molecule has 0 spiro atoms. The van der Waals surface area contributed by atoms with Crippen molar-refractivity contribution in [1.82, 2.24) is 4.31 Å². The number of halogens is 1. The summed E-state index contributed by atoms with van der Waals surface area (Å²) in [7, 11) is -3.37. The largest absolute Gasteiger partial charge is 0.381 e. The van der Waals surface area contributed by atoms with Gasteiger partial charge in [0.15, 0.2) is 0 Å². The first-order valence-corrected chi connectivity index (χ1v) is 9.32. The fourth-order valence-corrected chi connectivity index (χ4v) is 5.67. The molecule has 6 heteroatoms. The summed E-state index contributed by atoms with van der Waals surface area (Å²) in [6.45, 7) is 3.56. The Morgan fingerprint density at radius 1 is 1.27 bits per heavy atom. The van der Waals surface area contributed by atoms with Crippen LogP contribution in [0.3, 0.4) is 0 Å². The molecule has 122 valence electrons. The standard InChI is InChI=1S/C16H22FNO3S/c1-12-9-16(13-3-2-4-14(17)10-13)18(11-12)22(19,20)15-5-7-21-8-6-15/h2-4,10,12,15-16H,5-9,11H2,1H3. The quantitative estimate of drug-likeness (QED) is 0.857. The molecule has 2 fully saturated rings. The monoisotopic (exact) mass is 327 g/mol. The summed E-state index contributed by atoms with van der Waals surface area (Å²) < 4.78 is 46.3. The average molecular weight is 327 g/mol. The van der Waals surface area contributed by atoms with Crippen LogP contribution < -0.4 is 0 Å². The van der Waals surface area contributed by atoms with Crippen LogP contribution in [0.5, 0.6) is 0 Å².